The Balaban J connectivity index is 1.70. The van der Waals surface area contributed by atoms with Crippen molar-refractivity contribution >= 4 is 21.4 Å². The van der Waals surface area contributed by atoms with Gasteiger partial charge in [0.2, 0.25) is 10.0 Å². The summed E-state index contributed by atoms with van der Waals surface area (Å²) in [6.45, 7) is 5.01. The molecule has 3 atom stereocenters. The van der Waals surface area contributed by atoms with Crippen LogP contribution in [0.25, 0.3) is 0 Å². The van der Waals surface area contributed by atoms with Gasteiger partial charge in [-0.1, -0.05) is 13.8 Å². The zero-order chi connectivity index (χ0) is 15.0. The average molecular weight is 329 g/mol. The van der Waals surface area contributed by atoms with Gasteiger partial charge in [0.15, 0.2) is 0 Å². The largest absolute Gasteiger partial charge is 0.309 e. The Bertz CT molecular complexity index is 593. The Labute approximate surface area is 131 Å². The topological polar surface area (TPSA) is 58.2 Å². The van der Waals surface area contributed by atoms with Crippen LogP contribution < -0.4 is 10.0 Å². The molecular formula is C15H24N2O2S2. The number of nitrogens with one attached hydrogen (secondary N) is 2. The van der Waals surface area contributed by atoms with Crippen LogP contribution in [-0.2, 0) is 16.6 Å². The first-order valence-corrected chi connectivity index (χ1v) is 10.2. The molecule has 0 bridgehead atoms. The van der Waals surface area contributed by atoms with Crippen molar-refractivity contribution in [3.8, 4) is 0 Å². The van der Waals surface area contributed by atoms with Gasteiger partial charge < -0.3 is 5.32 Å². The molecule has 1 aromatic heterocycles. The minimum atomic E-state index is -3.39. The number of rotatable bonds is 6. The molecular weight excluding hydrogens is 304 g/mol. The van der Waals surface area contributed by atoms with E-state index in [4.69, 9.17) is 0 Å². The molecule has 2 fully saturated rings. The summed E-state index contributed by atoms with van der Waals surface area (Å²) >= 11 is 1.52. The van der Waals surface area contributed by atoms with Crippen molar-refractivity contribution in [3.05, 3.63) is 16.3 Å². The third kappa shape index (κ3) is 3.50. The second-order valence-electron chi connectivity index (χ2n) is 6.50. The van der Waals surface area contributed by atoms with Gasteiger partial charge >= 0.3 is 0 Å². The summed E-state index contributed by atoms with van der Waals surface area (Å²) < 4.78 is 28.2. The lowest BCUT2D eigenvalue weighted by molar-refractivity contribution is 0.402. The normalized spacial score (nSPS) is 29.9. The molecule has 2 saturated carbocycles. The van der Waals surface area contributed by atoms with Crippen LogP contribution in [0.3, 0.4) is 0 Å². The SMILES string of the molecule is CC1CCC(NS(=O)(=O)c2ccsc2CNC2CC2)C1C. The van der Waals surface area contributed by atoms with Crippen molar-refractivity contribution in [2.75, 3.05) is 0 Å². The number of hydrogen-bond acceptors (Lipinski definition) is 4. The van der Waals surface area contributed by atoms with Crippen LogP contribution in [0, 0.1) is 11.8 Å². The van der Waals surface area contributed by atoms with Crippen molar-refractivity contribution in [1.29, 1.82) is 0 Å². The molecule has 6 heteroatoms. The number of thiophene rings is 1. The molecule has 0 aliphatic heterocycles. The van der Waals surface area contributed by atoms with E-state index >= 15 is 0 Å². The van der Waals surface area contributed by atoms with Gasteiger partial charge in [-0.3, -0.25) is 0 Å². The Morgan fingerprint density at radius 2 is 2.00 bits per heavy atom. The van der Waals surface area contributed by atoms with Crippen molar-refractivity contribution in [1.82, 2.24) is 10.0 Å². The first kappa shape index (κ1) is 15.5. The highest BCUT2D eigenvalue weighted by atomic mass is 32.2. The predicted molar refractivity (Wildman–Crippen MR) is 85.9 cm³/mol. The third-order valence-corrected chi connectivity index (χ3v) is 7.52. The van der Waals surface area contributed by atoms with Crippen LogP contribution in [0.5, 0.6) is 0 Å². The highest BCUT2D eigenvalue weighted by Gasteiger charge is 2.34. The van der Waals surface area contributed by atoms with Gasteiger partial charge in [-0.05, 0) is 49.0 Å². The number of hydrogen-bond donors (Lipinski definition) is 2. The number of sulfonamides is 1. The van der Waals surface area contributed by atoms with E-state index in [9.17, 15) is 8.42 Å². The maximum atomic E-state index is 12.7. The summed E-state index contributed by atoms with van der Waals surface area (Å²) in [4.78, 5) is 1.39. The summed E-state index contributed by atoms with van der Waals surface area (Å²) in [5.41, 5.74) is 0. The summed E-state index contributed by atoms with van der Waals surface area (Å²) in [6.07, 6.45) is 4.47. The van der Waals surface area contributed by atoms with E-state index in [1.807, 2.05) is 5.38 Å². The molecule has 2 aliphatic carbocycles. The smallest absolute Gasteiger partial charge is 0.241 e. The van der Waals surface area contributed by atoms with Crippen molar-refractivity contribution < 1.29 is 8.42 Å². The lowest BCUT2D eigenvalue weighted by Crippen LogP contribution is -2.37. The van der Waals surface area contributed by atoms with Crippen LogP contribution in [0.1, 0.15) is 44.4 Å². The zero-order valence-electron chi connectivity index (χ0n) is 12.6. The summed E-state index contributed by atoms with van der Waals surface area (Å²) in [7, 11) is -3.39. The zero-order valence-corrected chi connectivity index (χ0v) is 14.3. The third-order valence-electron chi connectivity index (χ3n) is 4.89. The Hall–Kier alpha value is -0.430. The van der Waals surface area contributed by atoms with Crippen molar-refractivity contribution in [2.24, 2.45) is 11.8 Å². The van der Waals surface area contributed by atoms with Gasteiger partial charge in [-0.25, -0.2) is 13.1 Å². The average Bonchev–Trinajstić information content (AvgIpc) is 3.06. The van der Waals surface area contributed by atoms with Gasteiger partial charge in [-0.15, -0.1) is 11.3 Å². The van der Waals surface area contributed by atoms with Crippen LogP contribution in [0.15, 0.2) is 16.3 Å². The van der Waals surface area contributed by atoms with Gasteiger partial charge in [0.25, 0.3) is 0 Å². The van der Waals surface area contributed by atoms with Crippen LogP contribution >= 0.6 is 11.3 Å². The molecule has 21 heavy (non-hydrogen) atoms. The molecule has 2 N–H and O–H groups in total. The quantitative estimate of drug-likeness (QED) is 0.844. The molecule has 3 unspecified atom stereocenters. The molecule has 118 valence electrons. The molecule has 1 aromatic rings. The molecule has 4 nitrogen and oxygen atoms in total. The Morgan fingerprint density at radius 3 is 2.62 bits per heavy atom. The molecule has 3 rings (SSSR count). The minimum absolute atomic E-state index is 0.0779. The van der Waals surface area contributed by atoms with Crippen molar-refractivity contribution in [2.45, 2.75) is 63.1 Å². The summed E-state index contributed by atoms with van der Waals surface area (Å²) in [6, 6.07) is 2.40. The van der Waals surface area contributed by atoms with E-state index in [-0.39, 0.29) is 6.04 Å². The van der Waals surface area contributed by atoms with Crippen LogP contribution in [0.4, 0.5) is 0 Å². The van der Waals surface area contributed by atoms with Crippen molar-refractivity contribution in [3.63, 3.8) is 0 Å². The maximum Gasteiger partial charge on any atom is 0.241 e. The fraction of sp³-hybridized carbons (Fsp3) is 0.733. The van der Waals surface area contributed by atoms with Gasteiger partial charge in [0.05, 0.1) is 4.90 Å². The monoisotopic (exact) mass is 328 g/mol. The Kier molecular flexibility index (Phi) is 4.41. The summed E-state index contributed by atoms with van der Waals surface area (Å²) in [5, 5.41) is 5.27. The molecule has 0 saturated heterocycles. The van der Waals surface area contributed by atoms with E-state index in [2.05, 4.69) is 23.9 Å². The fourth-order valence-corrected chi connectivity index (χ4v) is 5.77. The highest BCUT2D eigenvalue weighted by Crippen LogP contribution is 2.33. The summed E-state index contributed by atoms with van der Waals surface area (Å²) in [5.74, 6) is 1.00. The van der Waals surface area contributed by atoms with E-state index in [0.29, 0.717) is 29.3 Å². The van der Waals surface area contributed by atoms with Gasteiger partial charge in [-0.2, -0.15) is 0 Å². The van der Waals surface area contributed by atoms with Crippen LogP contribution in [-0.4, -0.2) is 20.5 Å². The molecule has 0 spiro atoms. The minimum Gasteiger partial charge on any atom is -0.309 e. The lowest BCUT2D eigenvalue weighted by atomic mass is 9.98. The fourth-order valence-electron chi connectivity index (χ4n) is 3.02. The van der Waals surface area contributed by atoms with Gasteiger partial charge in [0, 0.05) is 23.5 Å². The van der Waals surface area contributed by atoms with E-state index in [1.54, 1.807) is 6.07 Å². The van der Waals surface area contributed by atoms with E-state index < -0.39 is 10.0 Å². The Morgan fingerprint density at radius 1 is 1.24 bits per heavy atom. The lowest BCUT2D eigenvalue weighted by Gasteiger charge is -2.19. The first-order valence-electron chi connectivity index (χ1n) is 7.79. The molecule has 2 aliphatic rings. The molecule has 0 aromatic carbocycles. The predicted octanol–water partition coefficient (Wildman–Crippen LogP) is 2.71. The second-order valence-corrected chi connectivity index (χ2v) is 9.19. The second kappa shape index (κ2) is 5.99. The molecule has 0 radical (unpaired) electrons. The van der Waals surface area contributed by atoms with Crippen LogP contribution in [0.2, 0.25) is 0 Å². The highest BCUT2D eigenvalue weighted by molar-refractivity contribution is 7.89. The van der Waals surface area contributed by atoms with E-state index in [0.717, 1.165) is 17.7 Å². The van der Waals surface area contributed by atoms with Gasteiger partial charge in [0.1, 0.15) is 0 Å². The molecule has 0 amide bonds. The van der Waals surface area contributed by atoms with E-state index in [1.165, 1.54) is 24.2 Å². The first-order chi connectivity index (χ1) is 9.97. The standard InChI is InChI=1S/C15H24N2O2S2/c1-10-3-6-13(11(10)2)17-21(18,19)15-7-8-20-14(15)9-16-12-4-5-12/h7-8,10-13,16-17H,3-6,9H2,1-2H3. The maximum absolute atomic E-state index is 12.7. The molecule has 1 heterocycles.